The molecule has 102 valence electrons. The Morgan fingerprint density at radius 1 is 1.32 bits per heavy atom. The molecule has 0 amide bonds. The summed E-state index contributed by atoms with van der Waals surface area (Å²) in [6.45, 7) is 6.91. The molecule has 0 spiro atoms. The van der Waals surface area contributed by atoms with Gasteiger partial charge in [-0.25, -0.2) is 0 Å². The van der Waals surface area contributed by atoms with Gasteiger partial charge in [0.05, 0.1) is 6.04 Å². The maximum Gasteiger partial charge on any atom is 0.182 e. The second-order valence-corrected chi connectivity index (χ2v) is 4.92. The van der Waals surface area contributed by atoms with Crippen molar-refractivity contribution in [3.05, 3.63) is 35.5 Å². The molecule has 1 atom stereocenters. The molecule has 0 aliphatic carbocycles. The van der Waals surface area contributed by atoms with Crippen LogP contribution in [0.3, 0.4) is 0 Å². The van der Waals surface area contributed by atoms with Crippen LogP contribution in [0.2, 0.25) is 0 Å². The van der Waals surface area contributed by atoms with Crippen LogP contribution in [0.1, 0.15) is 36.3 Å². The molecule has 0 saturated carbocycles. The van der Waals surface area contributed by atoms with E-state index >= 15 is 0 Å². The van der Waals surface area contributed by atoms with Crippen LogP contribution in [0.15, 0.2) is 24.3 Å². The third-order valence-electron chi connectivity index (χ3n) is 3.82. The van der Waals surface area contributed by atoms with E-state index in [4.69, 9.17) is 0 Å². The highest BCUT2D eigenvalue weighted by Crippen LogP contribution is 2.26. The third-order valence-corrected chi connectivity index (χ3v) is 3.82. The van der Waals surface area contributed by atoms with E-state index in [0.29, 0.717) is 0 Å². The van der Waals surface area contributed by atoms with Crippen LogP contribution < -0.4 is 5.32 Å². The van der Waals surface area contributed by atoms with Crippen LogP contribution in [0.25, 0.3) is 10.9 Å². The van der Waals surface area contributed by atoms with Gasteiger partial charge in [-0.3, -0.25) is 4.79 Å². The zero-order chi connectivity index (χ0) is 14.0. The summed E-state index contributed by atoms with van der Waals surface area (Å²) in [4.78, 5) is 12.7. The monoisotopic (exact) mass is 258 g/mol. The van der Waals surface area contributed by atoms with Crippen LogP contribution in [0, 0.1) is 6.92 Å². The summed E-state index contributed by atoms with van der Waals surface area (Å²) >= 11 is 0. The van der Waals surface area contributed by atoms with Crippen LogP contribution >= 0.6 is 0 Å². The molecule has 2 aromatic rings. The topological polar surface area (TPSA) is 34.0 Å². The first-order valence-electron chi connectivity index (χ1n) is 6.93. The Morgan fingerprint density at radius 3 is 2.63 bits per heavy atom. The molecule has 1 aromatic carbocycles. The number of hydrogen-bond acceptors (Lipinski definition) is 2. The van der Waals surface area contributed by atoms with Gasteiger partial charge in [0, 0.05) is 29.2 Å². The van der Waals surface area contributed by atoms with Crippen LogP contribution in [-0.4, -0.2) is 22.9 Å². The Morgan fingerprint density at radius 2 is 2.00 bits per heavy atom. The highest BCUT2D eigenvalue weighted by Gasteiger charge is 2.23. The van der Waals surface area contributed by atoms with E-state index in [-0.39, 0.29) is 11.8 Å². The van der Waals surface area contributed by atoms with Gasteiger partial charge in [-0.15, -0.1) is 0 Å². The highest BCUT2D eigenvalue weighted by atomic mass is 16.1. The van der Waals surface area contributed by atoms with Gasteiger partial charge in [0.15, 0.2) is 5.78 Å². The number of aromatic nitrogens is 1. The lowest BCUT2D eigenvalue weighted by molar-refractivity contribution is 0.0942. The van der Waals surface area contributed by atoms with Gasteiger partial charge in [0.2, 0.25) is 0 Å². The maximum absolute atomic E-state index is 12.7. The van der Waals surface area contributed by atoms with E-state index in [1.54, 1.807) is 0 Å². The summed E-state index contributed by atoms with van der Waals surface area (Å²) in [5.74, 6) is 0.207. The van der Waals surface area contributed by atoms with Crippen molar-refractivity contribution in [2.75, 3.05) is 6.54 Å². The minimum atomic E-state index is -0.0884. The Labute approximate surface area is 114 Å². The minimum Gasteiger partial charge on any atom is -0.347 e. The van der Waals surface area contributed by atoms with Crippen molar-refractivity contribution in [3.8, 4) is 0 Å². The number of nitrogens with one attached hydrogen (secondary N) is 1. The van der Waals surface area contributed by atoms with E-state index in [9.17, 15) is 4.79 Å². The number of nitrogens with zero attached hydrogens (tertiary/aromatic N) is 1. The van der Waals surface area contributed by atoms with Gasteiger partial charge in [0.1, 0.15) is 0 Å². The molecule has 0 aliphatic heterocycles. The van der Waals surface area contributed by atoms with Crippen molar-refractivity contribution in [1.82, 2.24) is 9.88 Å². The molecule has 0 aliphatic rings. The van der Waals surface area contributed by atoms with Gasteiger partial charge < -0.3 is 9.88 Å². The van der Waals surface area contributed by atoms with E-state index in [1.165, 1.54) is 0 Å². The first-order chi connectivity index (χ1) is 9.11. The first kappa shape index (κ1) is 13.8. The van der Waals surface area contributed by atoms with Crippen molar-refractivity contribution >= 4 is 16.7 Å². The predicted octanol–water partition coefficient (Wildman–Crippen LogP) is 3.06. The summed E-state index contributed by atoms with van der Waals surface area (Å²) in [5.41, 5.74) is 3.03. The molecular formula is C16H22N2O. The molecule has 0 fully saturated rings. The Hall–Kier alpha value is -1.61. The van der Waals surface area contributed by atoms with E-state index in [0.717, 1.165) is 35.1 Å². The van der Waals surface area contributed by atoms with Crippen LogP contribution in [0.4, 0.5) is 0 Å². The Balaban J connectivity index is 2.56. The predicted molar refractivity (Wildman–Crippen MR) is 79.7 cm³/mol. The van der Waals surface area contributed by atoms with Crippen LogP contribution in [-0.2, 0) is 7.05 Å². The number of carbonyl (C=O) groups is 1. The van der Waals surface area contributed by atoms with Gasteiger partial charge in [-0.2, -0.15) is 0 Å². The Bertz CT molecular complexity index is 598. The highest BCUT2D eigenvalue weighted by molar-refractivity contribution is 6.11. The fraction of sp³-hybridized carbons (Fsp3) is 0.438. The number of rotatable bonds is 5. The number of carbonyl (C=O) groups excluding carboxylic acids is 1. The van der Waals surface area contributed by atoms with Crippen molar-refractivity contribution in [2.24, 2.45) is 7.05 Å². The molecule has 1 aromatic heterocycles. The van der Waals surface area contributed by atoms with E-state index in [1.807, 2.05) is 46.0 Å². The summed E-state index contributed by atoms with van der Waals surface area (Å²) in [7, 11) is 2.02. The van der Waals surface area contributed by atoms with Crippen molar-refractivity contribution < 1.29 is 4.79 Å². The first-order valence-corrected chi connectivity index (χ1v) is 6.93. The fourth-order valence-corrected chi connectivity index (χ4v) is 2.67. The van der Waals surface area contributed by atoms with Gasteiger partial charge >= 0.3 is 0 Å². The smallest absolute Gasteiger partial charge is 0.182 e. The number of likely N-dealkylation sites (N-methyl/N-ethyl adjacent to an activating group) is 1. The number of hydrogen-bond donors (Lipinski definition) is 1. The normalized spacial score (nSPS) is 12.8. The van der Waals surface area contributed by atoms with Gasteiger partial charge in [0.25, 0.3) is 0 Å². The molecule has 2 rings (SSSR count). The molecule has 19 heavy (non-hydrogen) atoms. The Kier molecular flexibility index (Phi) is 4.05. The fourth-order valence-electron chi connectivity index (χ4n) is 2.67. The molecule has 0 bridgehead atoms. The zero-order valence-corrected chi connectivity index (χ0v) is 12.2. The number of Topliss-reactive ketones (excluding diaryl/α,β-unsaturated/α-hetero) is 1. The lowest BCUT2D eigenvalue weighted by Crippen LogP contribution is -2.36. The SMILES string of the molecule is CCNC(CC)C(=O)c1c(C)n(C)c2ccccc12. The largest absolute Gasteiger partial charge is 0.347 e. The average Bonchev–Trinajstić information content (AvgIpc) is 2.68. The number of fused-ring (bicyclic) bond motifs is 1. The molecule has 1 N–H and O–H groups in total. The number of ketones is 1. The maximum atomic E-state index is 12.7. The van der Waals surface area contributed by atoms with Crippen molar-refractivity contribution in [3.63, 3.8) is 0 Å². The summed E-state index contributed by atoms with van der Waals surface area (Å²) in [6, 6.07) is 8.01. The molecule has 3 nitrogen and oxygen atoms in total. The lowest BCUT2D eigenvalue weighted by atomic mass is 9.99. The summed E-state index contributed by atoms with van der Waals surface area (Å²) < 4.78 is 2.10. The number of para-hydroxylation sites is 1. The molecule has 0 saturated heterocycles. The lowest BCUT2D eigenvalue weighted by Gasteiger charge is -2.14. The van der Waals surface area contributed by atoms with Gasteiger partial charge in [-0.05, 0) is 26.0 Å². The van der Waals surface area contributed by atoms with E-state index in [2.05, 4.69) is 16.0 Å². The van der Waals surface area contributed by atoms with Crippen molar-refractivity contribution in [2.45, 2.75) is 33.2 Å². The van der Waals surface area contributed by atoms with Crippen LogP contribution in [0.5, 0.6) is 0 Å². The molecule has 0 radical (unpaired) electrons. The van der Waals surface area contributed by atoms with Gasteiger partial charge in [-0.1, -0.05) is 32.0 Å². The second-order valence-electron chi connectivity index (χ2n) is 4.92. The minimum absolute atomic E-state index is 0.0884. The van der Waals surface area contributed by atoms with E-state index < -0.39 is 0 Å². The molecule has 1 heterocycles. The zero-order valence-electron chi connectivity index (χ0n) is 12.2. The standard InChI is InChI=1S/C16H22N2O/c1-5-13(17-6-2)16(19)15-11(3)18(4)14-10-8-7-9-12(14)15/h7-10,13,17H,5-6H2,1-4H3. The number of benzene rings is 1. The third kappa shape index (κ3) is 2.30. The molecule has 1 unspecified atom stereocenters. The number of aryl methyl sites for hydroxylation is 1. The average molecular weight is 258 g/mol. The molecular weight excluding hydrogens is 236 g/mol. The quantitative estimate of drug-likeness (QED) is 0.836. The summed E-state index contributed by atoms with van der Waals surface area (Å²) in [6.07, 6.45) is 0.815. The second kappa shape index (κ2) is 5.57. The van der Waals surface area contributed by atoms with Crippen molar-refractivity contribution in [1.29, 1.82) is 0 Å². The molecule has 3 heteroatoms. The summed E-state index contributed by atoms with van der Waals surface area (Å²) in [5, 5.41) is 4.33.